The van der Waals surface area contributed by atoms with Gasteiger partial charge in [0.15, 0.2) is 8.68 Å². The summed E-state index contributed by atoms with van der Waals surface area (Å²) in [4.78, 5) is 10.8. The van der Waals surface area contributed by atoms with Gasteiger partial charge < -0.3 is 4.74 Å². The summed E-state index contributed by atoms with van der Waals surface area (Å²) >= 11 is 4.89. The van der Waals surface area contributed by atoms with Crippen LogP contribution in [0, 0.1) is 0 Å². The van der Waals surface area contributed by atoms with Crippen molar-refractivity contribution in [3.05, 3.63) is 12.7 Å². The monoisotopic (exact) mass is 304 g/mol. The third-order valence-corrected chi connectivity index (χ3v) is 5.07. The molecule has 7 heteroatoms. The Hall–Kier alpha value is -0.530. The molecule has 1 rings (SSSR count). The van der Waals surface area contributed by atoms with Crippen molar-refractivity contribution >= 4 is 40.8 Å². The molecule has 0 unspecified atom stereocenters. The summed E-state index contributed by atoms with van der Waals surface area (Å²) in [5.74, 6) is 1.39. The maximum absolute atomic E-state index is 10.8. The molecule has 0 aliphatic heterocycles. The molecule has 18 heavy (non-hydrogen) atoms. The maximum Gasteiger partial charge on any atom is 0.330 e. The summed E-state index contributed by atoms with van der Waals surface area (Å²) < 4.78 is 6.80. The van der Waals surface area contributed by atoms with E-state index in [4.69, 9.17) is 4.74 Å². The number of aromatic nitrogens is 2. The van der Waals surface area contributed by atoms with Crippen LogP contribution in [0.25, 0.3) is 0 Å². The van der Waals surface area contributed by atoms with Crippen LogP contribution in [0.1, 0.15) is 19.8 Å². The van der Waals surface area contributed by atoms with E-state index in [1.807, 2.05) is 0 Å². The van der Waals surface area contributed by atoms with Crippen LogP contribution in [0.4, 0.5) is 0 Å². The largest absolute Gasteiger partial charge is 0.462 e. The Labute approximate surface area is 120 Å². The van der Waals surface area contributed by atoms with Crippen LogP contribution in [0.5, 0.6) is 0 Å². The van der Waals surface area contributed by atoms with Crippen molar-refractivity contribution in [2.45, 2.75) is 28.4 Å². The molecule has 0 radical (unpaired) electrons. The standard InChI is InChI=1S/C11H16N2O2S3/c1-3-5-7-16-10-12-13-11(18-10)17-8-6-15-9(14)4-2/h4H,2-3,5-8H2,1H3. The van der Waals surface area contributed by atoms with Crippen LogP contribution in [-0.2, 0) is 9.53 Å². The summed E-state index contributed by atoms with van der Waals surface area (Å²) in [7, 11) is 0. The van der Waals surface area contributed by atoms with E-state index in [-0.39, 0.29) is 5.97 Å². The van der Waals surface area contributed by atoms with Gasteiger partial charge in [-0.3, -0.25) is 0 Å². The first-order valence-electron chi connectivity index (χ1n) is 5.64. The van der Waals surface area contributed by atoms with Crippen LogP contribution < -0.4 is 0 Å². The number of carbonyl (C=O) groups excluding carboxylic acids is 1. The number of unbranched alkanes of at least 4 members (excludes halogenated alkanes) is 1. The molecule has 0 saturated heterocycles. The predicted molar refractivity (Wildman–Crippen MR) is 77.4 cm³/mol. The molecular weight excluding hydrogens is 288 g/mol. The quantitative estimate of drug-likeness (QED) is 0.302. The lowest BCUT2D eigenvalue weighted by atomic mass is 10.4. The molecule has 4 nitrogen and oxygen atoms in total. The highest BCUT2D eigenvalue weighted by atomic mass is 32.2. The average molecular weight is 304 g/mol. The highest BCUT2D eigenvalue weighted by Gasteiger charge is 2.05. The maximum atomic E-state index is 10.8. The third kappa shape index (κ3) is 6.42. The van der Waals surface area contributed by atoms with E-state index in [0.717, 1.165) is 20.5 Å². The topological polar surface area (TPSA) is 52.1 Å². The highest BCUT2D eigenvalue weighted by molar-refractivity contribution is 8.03. The summed E-state index contributed by atoms with van der Waals surface area (Å²) in [6.45, 7) is 5.87. The lowest BCUT2D eigenvalue weighted by Crippen LogP contribution is -2.03. The second-order valence-corrected chi connectivity index (χ2v) is 6.92. The molecule has 100 valence electrons. The van der Waals surface area contributed by atoms with E-state index in [0.29, 0.717) is 12.4 Å². The third-order valence-electron chi connectivity index (χ3n) is 1.83. The molecule has 0 aliphatic carbocycles. The van der Waals surface area contributed by atoms with Gasteiger partial charge in [-0.15, -0.1) is 10.2 Å². The molecule has 0 N–H and O–H groups in total. The Morgan fingerprint density at radius 2 is 2.06 bits per heavy atom. The Balaban J connectivity index is 2.18. The van der Waals surface area contributed by atoms with Gasteiger partial charge in [0.25, 0.3) is 0 Å². The van der Waals surface area contributed by atoms with Gasteiger partial charge in [0.1, 0.15) is 6.61 Å². The van der Waals surface area contributed by atoms with E-state index < -0.39 is 0 Å². The molecule has 0 atom stereocenters. The Bertz CT molecular complexity index is 382. The zero-order valence-electron chi connectivity index (χ0n) is 10.3. The predicted octanol–water partition coefficient (Wildman–Crippen LogP) is 3.25. The normalized spacial score (nSPS) is 10.3. The second-order valence-electron chi connectivity index (χ2n) is 3.26. The van der Waals surface area contributed by atoms with E-state index >= 15 is 0 Å². The number of nitrogens with zero attached hydrogens (tertiary/aromatic N) is 2. The van der Waals surface area contributed by atoms with Gasteiger partial charge in [0.05, 0.1) is 0 Å². The SMILES string of the molecule is C=CC(=O)OCCSc1nnc(SCCCC)s1. The molecule has 1 heterocycles. The minimum absolute atomic E-state index is 0.368. The smallest absolute Gasteiger partial charge is 0.330 e. The summed E-state index contributed by atoms with van der Waals surface area (Å²) in [6.07, 6.45) is 3.56. The van der Waals surface area contributed by atoms with Gasteiger partial charge in [0, 0.05) is 17.6 Å². The highest BCUT2D eigenvalue weighted by Crippen LogP contribution is 2.29. The fourth-order valence-electron chi connectivity index (χ4n) is 0.948. The number of rotatable bonds is 9. The number of ether oxygens (including phenoxy) is 1. The van der Waals surface area contributed by atoms with E-state index in [9.17, 15) is 4.79 Å². The number of hydrogen-bond acceptors (Lipinski definition) is 7. The van der Waals surface area contributed by atoms with Crippen molar-refractivity contribution in [3.8, 4) is 0 Å². The van der Waals surface area contributed by atoms with Crippen molar-refractivity contribution in [2.24, 2.45) is 0 Å². The summed E-state index contributed by atoms with van der Waals surface area (Å²) in [6, 6.07) is 0. The van der Waals surface area contributed by atoms with Crippen LogP contribution in [-0.4, -0.2) is 34.3 Å². The fourth-order valence-corrected chi connectivity index (χ4v) is 4.01. The molecule has 0 aliphatic rings. The van der Waals surface area contributed by atoms with Crippen molar-refractivity contribution in [1.82, 2.24) is 10.2 Å². The molecule has 0 amide bonds. The molecule has 1 aromatic heterocycles. The van der Waals surface area contributed by atoms with E-state index in [2.05, 4.69) is 23.7 Å². The van der Waals surface area contributed by atoms with Gasteiger partial charge in [-0.05, 0) is 6.42 Å². The summed E-state index contributed by atoms with van der Waals surface area (Å²) in [5, 5.41) is 8.19. The Morgan fingerprint density at radius 3 is 2.67 bits per heavy atom. The molecule has 0 fully saturated rings. The first-order chi connectivity index (χ1) is 8.76. The number of carbonyl (C=O) groups is 1. The number of esters is 1. The zero-order chi connectivity index (χ0) is 13.2. The average Bonchev–Trinajstić information content (AvgIpc) is 2.82. The van der Waals surface area contributed by atoms with Gasteiger partial charge in [-0.2, -0.15) is 0 Å². The Morgan fingerprint density at radius 1 is 1.39 bits per heavy atom. The van der Waals surface area contributed by atoms with Gasteiger partial charge in [0.2, 0.25) is 0 Å². The van der Waals surface area contributed by atoms with Gasteiger partial charge in [-0.25, -0.2) is 4.79 Å². The van der Waals surface area contributed by atoms with Crippen molar-refractivity contribution in [1.29, 1.82) is 0 Å². The van der Waals surface area contributed by atoms with Crippen molar-refractivity contribution in [3.63, 3.8) is 0 Å². The Kier molecular flexibility index (Phi) is 8.11. The van der Waals surface area contributed by atoms with Crippen LogP contribution in [0.15, 0.2) is 21.3 Å². The molecule has 0 spiro atoms. The minimum Gasteiger partial charge on any atom is -0.462 e. The van der Waals surface area contributed by atoms with Crippen molar-refractivity contribution < 1.29 is 9.53 Å². The van der Waals surface area contributed by atoms with E-state index in [1.54, 1.807) is 34.9 Å². The molecule has 1 aromatic rings. The second kappa shape index (κ2) is 9.41. The fraction of sp³-hybridized carbons (Fsp3) is 0.545. The minimum atomic E-state index is -0.385. The molecule has 0 saturated carbocycles. The number of hydrogen-bond donors (Lipinski definition) is 0. The van der Waals surface area contributed by atoms with Gasteiger partial charge in [-0.1, -0.05) is 54.8 Å². The zero-order valence-corrected chi connectivity index (χ0v) is 12.7. The first kappa shape index (κ1) is 15.5. The lowest BCUT2D eigenvalue weighted by Gasteiger charge is -1.98. The van der Waals surface area contributed by atoms with Crippen LogP contribution in [0.3, 0.4) is 0 Å². The number of thioether (sulfide) groups is 2. The van der Waals surface area contributed by atoms with Crippen molar-refractivity contribution in [2.75, 3.05) is 18.1 Å². The molecule has 0 aromatic carbocycles. The first-order valence-corrected chi connectivity index (χ1v) is 8.43. The molecular formula is C11H16N2O2S3. The van der Waals surface area contributed by atoms with Gasteiger partial charge >= 0.3 is 5.97 Å². The van der Waals surface area contributed by atoms with Crippen LogP contribution >= 0.6 is 34.9 Å². The molecule has 0 bridgehead atoms. The lowest BCUT2D eigenvalue weighted by molar-refractivity contribution is -0.137. The van der Waals surface area contributed by atoms with Crippen LogP contribution in [0.2, 0.25) is 0 Å². The van der Waals surface area contributed by atoms with E-state index in [1.165, 1.54) is 12.8 Å². The summed E-state index contributed by atoms with van der Waals surface area (Å²) in [5.41, 5.74) is 0.